The van der Waals surface area contributed by atoms with Gasteiger partial charge in [-0.3, -0.25) is 4.79 Å². The van der Waals surface area contributed by atoms with Gasteiger partial charge >= 0.3 is 0 Å². The molecule has 0 spiro atoms. The number of carbonyl (C=O) groups excluding carboxylic acids is 1. The van der Waals surface area contributed by atoms with Gasteiger partial charge < -0.3 is 15.7 Å². The van der Waals surface area contributed by atoms with Gasteiger partial charge in [0, 0.05) is 0 Å². The van der Waals surface area contributed by atoms with E-state index in [-0.39, 0.29) is 18.6 Å². The van der Waals surface area contributed by atoms with Gasteiger partial charge in [0.1, 0.15) is 0 Å². The van der Waals surface area contributed by atoms with Gasteiger partial charge in [0.25, 0.3) is 0 Å². The maximum atomic E-state index is 11.7. The van der Waals surface area contributed by atoms with Gasteiger partial charge in [0.15, 0.2) is 0 Å². The monoisotopic (exact) mass is 248 g/mol. The second-order valence-electron chi connectivity index (χ2n) is 4.79. The van der Waals surface area contributed by atoms with Crippen molar-refractivity contribution in [2.75, 3.05) is 19.7 Å². The van der Waals surface area contributed by atoms with Crippen LogP contribution in [0.1, 0.15) is 24.4 Å². The zero-order valence-electron chi connectivity index (χ0n) is 10.4. The molecule has 18 heavy (non-hydrogen) atoms. The first kappa shape index (κ1) is 13.1. The molecule has 1 saturated carbocycles. The van der Waals surface area contributed by atoms with E-state index in [2.05, 4.69) is 10.6 Å². The van der Waals surface area contributed by atoms with Gasteiger partial charge in [0.05, 0.1) is 19.2 Å². The van der Waals surface area contributed by atoms with E-state index < -0.39 is 0 Å². The van der Waals surface area contributed by atoms with E-state index >= 15 is 0 Å². The number of amides is 1. The van der Waals surface area contributed by atoms with Gasteiger partial charge in [-0.25, -0.2) is 0 Å². The lowest BCUT2D eigenvalue weighted by atomic mass is 10.1. The molecule has 98 valence electrons. The first-order chi connectivity index (χ1) is 8.79. The second-order valence-corrected chi connectivity index (χ2v) is 4.79. The van der Waals surface area contributed by atoms with Crippen LogP contribution in [0.15, 0.2) is 30.3 Å². The molecule has 1 fully saturated rings. The molecule has 0 aromatic heterocycles. The molecular formula is C14H20N2O2. The summed E-state index contributed by atoms with van der Waals surface area (Å²) in [6.45, 7) is 1.15. The Bertz CT molecular complexity index is 377. The fourth-order valence-electron chi connectivity index (χ4n) is 1.88. The van der Waals surface area contributed by atoms with Crippen LogP contribution in [0.25, 0.3) is 0 Å². The van der Waals surface area contributed by atoms with Crippen molar-refractivity contribution in [3.05, 3.63) is 35.9 Å². The average molecular weight is 248 g/mol. The minimum absolute atomic E-state index is 0.0708. The van der Waals surface area contributed by atoms with E-state index in [0.717, 1.165) is 18.0 Å². The third kappa shape index (κ3) is 4.13. The Morgan fingerprint density at radius 2 is 2.06 bits per heavy atom. The molecule has 4 heteroatoms. The fourth-order valence-corrected chi connectivity index (χ4v) is 1.88. The van der Waals surface area contributed by atoms with E-state index in [1.165, 1.54) is 12.8 Å². The highest BCUT2D eigenvalue weighted by atomic mass is 16.3. The third-order valence-electron chi connectivity index (χ3n) is 3.14. The molecule has 3 N–H and O–H groups in total. The van der Waals surface area contributed by atoms with Crippen molar-refractivity contribution in [3.63, 3.8) is 0 Å². The number of aliphatic hydroxyl groups is 1. The van der Waals surface area contributed by atoms with Crippen molar-refractivity contribution in [1.82, 2.24) is 10.6 Å². The van der Waals surface area contributed by atoms with Crippen LogP contribution in [0.5, 0.6) is 0 Å². The van der Waals surface area contributed by atoms with Crippen LogP contribution in [0, 0.1) is 5.92 Å². The first-order valence-corrected chi connectivity index (χ1v) is 6.45. The van der Waals surface area contributed by atoms with Crippen LogP contribution >= 0.6 is 0 Å². The minimum Gasteiger partial charge on any atom is -0.394 e. The van der Waals surface area contributed by atoms with Crippen LogP contribution in [-0.2, 0) is 4.79 Å². The predicted molar refractivity (Wildman–Crippen MR) is 70.0 cm³/mol. The van der Waals surface area contributed by atoms with E-state index in [1.54, 1.807) is 0 Å². The Morgan fingerprint density at radius 3 is 2.67 bits per heavy atom. The van der Waals surface area contributed by atoms with E-state index in [0.29, 0.717) is 6.54 Å². The Morgan fingerprint density at radius 1 is 1.33 bits per heavy atom. The molecular weight excluding hydrogens is 228 g/mol. The third-order valence-corrected chi connectivity index (χ3v) is 3.14. The molecule has 0 aliphatic heterocycles. The molecule has 1 aromatic rings. The highest BCUT2D eigenvalue weighted by molar-refractivity contribution is 5.78. The molecule has 1 aliphatic rings. The van der Waals surface area contributed by atoms with Gasteiger partial charge in [-0.05, 0) is 30.9 Å². The van der Waals surface area contributed by atoms with Crippen LogP contribution < -0.4 is 10.6 Å². The lowest BCUT2D eigenvalue weighted by Crippen LogP contribution is -2.38. The normalized spacial score (nSPS) is 16.3. The molecule has 1 aromatic carbocycles. The summed E-state index contributed by atoms with van der Waals surface area (Å²) in [6, 6.07) is 9.20. The summed E-state index contributed by atoms with van der Waals surface area (Å²) in [5, 5.41) is 15.3. The Kier molecular flexibility index (Phi) is 4.73. The fraction of sp³-hybridized carbons (Fsp3) is 0.500. The van der Waals surface area contributed by atoms with Crippen LogP contribution in [0.4, 0.5) is 0 Å². The minimum atomic E-state index is -0.318. The summed E-state index contributed by atoms with van der Waals surface area (Å²) in [7, 11) is 0. The maximum Gasteiger partial charge on any atom is 0.234 e. The van der Waals surface area contributed by atoms with Gasteiger partial charge in [-0.1, -0.05) is 30.3 Å². The van der Waals surface area contributed by atoms with Crippen LogP contribution in [0.3, 0.4) is 0 Å². The molecule has 2 rings (SSSR count). The maximum absolute atomic E-state index is 11.7. The van der Waals surface area contributed by atoms with Crippen molar-refractivity contribution in [3.8, 4) is 0 Å². The van der Waals surface area contributed by atoms with Crippen LogP contribution in [0.2, 0.25) is 0 Å². The van der Waals surface area contributed by atoms with E-state index in [1.807, 2.05) is 30.3 Å². The summed E-state index contributed by atoms with van der Waals surface area (Å²) in [5.74, 6) is 0.694. The molecule has 1 unspecified atom stereocenters. The molecule has 0 bridgehead atoms. The van der Waals surface area contributed by atoms with Gasteiger partial charge in [-0.2, -0.15) is 0 Å². The first-order valence-electron chi connectivity index (χ1n) is 6.45. The largest absolute Gasteiger partial charge is 0.394 e. The zero-order valence-corrected chi connectivity index (χ0v) is 10.4. The predicted octanol–water partition coefficient (Wildman–Crippen LogP) is 0.836. The van der Waals surface area contributed by atoms with Crippen LogP contribution in [-0.4, -0.2) is 30.7 Å². The zero-order chi connectivity index (χ0) is 12.8. The molecule has 1 aliphatic carbocycles. The number of rotatable bonds is 7. The standard InChI is InChI=1S/C14H20N2O2/c17-10-13(12-4-2-1-3-5-12)16-14(18)9-15-8-11-6-7-11/h1-5,11,13,15,17H,6-10H2,(H,16,18). The van der Waals surface area contributed by atoms with Crippen molar-refractivity contribution in [2.24, 2.45) is 5.92 Å². The summed E-state index contributed by atoms with van der Waals surface area (Å²) < 4.78 is 0. The SMILES string of the molecule is O=C(CNCC1CC1)NC(CO)c1ccccc1. The smallest absolute Gasteiger partial charge is 0.234 e. The Balaban J connectivity index is 1.76. The molecule has 0 heterocycles. The molecule has 4 nitrogen and oxygen atoms in total. The highest BCUT2D eigenvalue weighted by Crippen LogP contribution is 2.27. The molecule has 1 amide bonds. The van der Waals surface area contributed by atoms with Crippen molar-refractivity contribution >= 4 is 5.91 Å². The number of hydrogen-bond donors (Lipinski definition) is 3. The van der Waals surface area contributed by atoms with Crippen molar-refractivity contribution < 1.29 is 9.90 Å². The Hall–Kier alpha value is -1.39. The quantitative estimate of drug-likeness (QED) is 0.670. The summed E-state index contributed by atoms with van der Waals surface area (Å²) in [5.41, 5.74) is 0.926. The van der Waals surface area contributed by atoms with Gasteiger partial charge in [-0.15, -0.1) is 0 Å². The Labute approximate surface area is 107 Å². The lowest BCUT2D eigenvalue weighted by molar-refractivity contribution is -0.121. The number of hydrogen-bond acceptors (Lipinski definition) is 3. The van der Waals surface area contributed by atoms with E-state index in [4.69, 9.17) is 0 Å². The molecule has 0 radical (unpaired) electrons. The molecule has 0 saturated heterocycles. The average Bonchev–Trinajstić information content (AvgIpc) is 3.21. The molecule has 1 atom stereocenters. The number of carbonyl (C=O) groups is 1. The van der Waals surface area contributed by atoms with E-state index in [9.17, 15) is 9.90 Å². The highest BCUT2D eigenvalue weighted by Gasteiger charge is 2.21. The number of aliphatic hydroxyl groups excluding tert-OH is 1. The number of nitrogens with one attached hydrogen (secondary N) is 2. The lowest BCUT2D eigenvalue weighted by Gasteiger charge is -2.16. The summed E-state index contributed by atoms with van der Waals surface area (Å²) in [4.78, 5) is 11.7. The topological polar surface area (TPSA) is 61.4 Å². The van der Waals surface area contributed by atoms with Crippen molar-refractivity contribution in [1.29, 1.82) is 0 Å². The summed E-state index contributed by atoms with van der Waals surface area (Å²) in [6.07, 6.45) is 2.55. The van der Waals surface area contributed by atoms with Crippen molar-refractivity contribution in [2.45, 2.75) is 18.9 Å². The second kappa shape index (κ2) is 6.52. The summed E-state index contributed by atoms with van der Waals surface area (Å²) >= 11 is 0. The number of benzene rings is 1. The van der Waals surface area contributed by atoms with Gasteiger partial charge in [0.2, 0.25) is 5.91 Å².